The predicted octanol–water partition coefficient (Wildman–Crippen LogP) is 1.05. The summed E-state index contributed by atoms with van der Waals surface area (Å²) in [4.78, 5) is 22.6. The second kappa shape index (κ2) is 8.74. The number of nitrogens with one attached hydrogen (secondary N) is 2. The van der Waals surface area contributed by atoms with Crippen LogP contribution in [0, 0.1) is 0 Å². The standard InChI is InChI=1S/C12H24N2O4/c1-12(2,3)18-11(16)14-8-6-10(15)13-7-5-9-17-4/h5-9H2,1-4H3,(H,13,15)(H,14,16). The van der Waals surface area contributed by atoms with Crippen LogP contribution in [0.4, 0.5) is 4.79 Å². The Morgan fingerprint density at radius 1 is 1.11 bits per heavy atom. The van der Waals surface area contributed by atoms with Gasteiger partial charge in [0.1, 0.15) is 5.60 Å². The van der Waals surface area contributed by atoms with Gasteiger partial charge >= 0.3 is 6.09 Å². The van der Waals surface area contributed by atoms with Crippen LogP contribution in [0.3, 0.4) is 0 Å². The summed E-state index contributed by atoms with van der Waals surface area (Å²) >= 11 is 0. The van der Waals surface area contributed by atoms with E-state index in [0.29, 0.717) is 13.2 Å². The highest BCUT2D eigenvalue weighted by atomic mass is 16.6. The van der Waals surface area contributed by atoms with E-state index < -0.39 is 11.7 Å². The summed E-state index contributed by atoms with van der Waals surface area (Å²) in [6.07, 6.45) is 0.517. The molecule has 6 heteroatoms. The first-order valence-corrected chi connectivity index (χ1v) is 6.07. The zero-order valence-electron chi connectivity index (χ0n) is 11.7. The second-order valence-electron chi connectivity index (χ2n) is 4.87. The molecule has 2 amide bonds. The normalized spacial score (nSPS) is 10.9. The van der Waals surface area contributed by atoms with Crippen LogP contribution >= 0.6 is 0 Å². The number of hydrogen-bond donors (Lipinski definition) is 2. The molecule has 0 aliphatic heterocycles. The van der Waals surface area contributed by atoms with Gasteiger partial charge in [0.25, 0.3) is 0 Å². The minimum atomic E-state index is -0.521. The van der Waals surface area contributed by atoms with Gasteiger partial charge in [0.05, 0.1) is 0 Å². The highest BCUT2D eigenvalue weighted by Crippen LogP contribution is 2.06. The average molecular weight is 260 g/mol. The van der Waals surface area contributed by atoms with Gasteiger partial charge in [-0.1, -0.05) is 0 Å². The molecule has 0 rings (SSSR count). The Balaban J connectivity index is 3.53. The lowest BCUT2D eigenvalue weighted by Crippen LogP contribution is -2.35. The van der Waals surface area contributed by atoms with Crippen molar-refractivity contribution in [2.24, 2.45) is 0 Å². The number of rotatable bonds is 7. The molecule has 0 aliphatic carbocycles. The first-order chi connectivity index (χ1) is 8.35. The largest absolute Gasteiger partial charge is 0.444 e. The van der Waals surface area contributed by atoms with Gasteiger partial charge in [-0.25, -0.2) is 4.79 Å². The third kappa shape index (κ3) is 11.2. The van der Waals surface area contributed by atoms with E-state index in [1.807, 2.05) is 0 Å². The number of carbonyl (C=O) groups excluding carboxylic acids is 2. The zero-order chi connectivity index (χ0) is 14.0. The molecule has 0 heterocycles. The maximum Gasteiger partial charge on any atom is 0.407 e. The van der Waals surface area contributed by atoms with E-state index in [1.54, 1.807) is 27.9 Å². The molecule has 0 fully saturated rings. The summed E-state index contributed by atoms with van der Waals surface area (Å²) in [5.74, 6) is -0.0952. The molecule has 0 aromatic heterocycles. The summed E-state index contributed by atoms with van der Waals surface area (Å²) in [7, 11) is 1.62. The van der Waals surface area contributed by atoms with Crippen molar-refractivity contribution in [2.45, 2.75) is 39.2 Å². The molecule has 0 saturated heterocycles. The molecule has 0 saturated carbocycles. The number of methoxy groups -OCH3 is 1. The van der Waals surface area contributed by atoms with Gasteiger partial charge in [-0.3, -0.25) is 4.79 Å². The monoisotopic (exact) mass is 260 g/mol. The van der Waals surface area contributed by atoms with Crippen molar-refractivity contribution in [3.05, 3.63) is 0 Å². The van der Waals surface area contributed by atoms with Crippen molar-refractivity contribution in [3.63, 3.8) is 0 Å². The molecular formula is C12H24N2O4. The van der Waals surface area contributed by atoms with Crippen molar-refractivity contribution in [1.29, 1.82) is 0 Å². The van der Waals surface area contributed by atoms with Crippen molar-refractivity contribution < 1.29 is 19.1 Å². The third-order valence-electron chi connectivity index (χ3n) is 1.87. The quantitative estimate of drug-likeness (QED) is 0.671. The highest BCUT2D eigenvalue weighted by Gasteiger charge is 2.15. The van der Waals surface area contributed by atoms with Gasteiger partial charge in [0.2, 0.25) is 5.91 Å². The fourth-order valence-corrected chi connectivity index (χ4v) is 1.12. The number of amides is 2. The lowest BCUT2D eigenvalue weighted by Gasteiger charge is -2.19. The van der Waals surface area contributed by atoms with Crippen LogP contribution in [0.5, 0.6) is 0 Å². The summed E-state index contributed by atoms with van der Waals surface area (Å²) in [5.41, 5.74) is -0.521. The minimum Gasteiger partial charge on any atom is -0.444 e. The number of hydrogen-bond acceptors (Lipinski definition) is 4. The van der Waals surface area contributed by atoms with Gasteiger partial charge in [-0.15, -0.1) is 0 Å². The fourth-order valence-electron chi connectivity index (χ4n) is 1.12. The Morgan fingerprint density at radius 3 is 2.33 bits per heavy atom. The Morgan fingerprint density at radius 2 is 1.78 bits per heavy atom. The van der Waals surface area contributed by atoms with Crippen molar-refractivity contribution >= 4 is 12.0 Å². The van der Waals surface area contributed by atoms with Gasteiger partial charge in [0.15, 0.2) is 0 Å². The van der Waals surface area contributed by atoms with Crippen LogP contribution in [0.2, 0.25) is 0 Å². The Kier molecular flexibility index (Phi) is 8.11. The molecule has 106 valence electrons. The maximum atomic E-state index is 11.3. The average Bonchev–Trinajstić information content (AvgIpc) is 2.22. The summed E-state index contributed by atoms with van der Waals surface area (Å²) in [6, 6.07) is 0. The van der Waals surface area contributed by atoms with E-state index in [0.717, 1.165) is 6.42 Å². The first-order valence-electron chi connectivity index (χ1n) is 6.07. The maximum absolute atomic E-state index is 11.3. The van der Waals surface area contributed by atoms with Crippen molar-refractivity contribution in [2.75, 3.05) is 26.8 Å². The summed E-state index contributed by atoms with van der Waals surface area (Å²) in [6.45, 7) is 6.83. The van der Waals surface area contributed by atoms with E-state index in [1.165, 1.54) is 0 Å². The molecule has 0 spiro atoms. The van der Waals surface area contributed by atoms with Crippen LogP contribution in [0.15, 0.2) is 0 Å². The Labute approximate surface area is 108 Å². The lowest BCUT2D eigenvalue weighted by molar-refractivity contribution is -0.121. The topological polar surface area (TPSA) is 76.7 Å². The van der Waals surface area contributed by atoms with Crippen LogP contribution < -0.4 is 10.6 Å². The molecule has 18 heavy (non-hydrogen) atoms. The molecule has 0 aromatic rings. The van der Waals surface area contributed by atoms with Crippen molar-refractivity contribution in [3.8, 4) is 0 Å². The molecule has 0 aromatic carbocycles. The smallest absolute Gasteiger partial charge is 0.407 e. The van der Waals surface area contributed by atoms with Gasteiger partial charge in [0, 0.05) is 33.2 Å². The Hall–Kier alpha value is -1.30. The predicted molar refractivity (Wildman–Crippen MR) is 68.4 cm³/mol. The molecular weight excluding hydrogens is 236 g/mol. The summed E-state index contributed by atoms with van der Waals surface area (Å²) in [5, 5.41) is 5.25. The molecule has 0 bridgehead atoms. The molecule has 0 radical (unpaired) electrons. The molecule has 0 unspecified atom stereocenters. The molecule has 0 atom stereocenters. The summed E-state index contributed by atoms with van der Waals surface area (Å²) < 4.78 is 9.89. The van der Waals surface area contributed by atoms with Crippen LogP contribution in [-0.2, 0) is 14.3 Å². The van der Waals surface area contributed by atoms with Crippen LogP contribution in [-0.4, -0.2) is 44.4 Å². The minimum absolute atomic E-state index is 0.0952. The van der Waals surface area contributed by atoms with Gasteiger partial charge < -0.3 is 20.1 Å². The molecule has 0 aliphatic rings. The van der Waals surface area contributed by atoms with Gasteiger partial charge in [-0.05, 0) is 27.2 Å². The SMILES string of the molecule is COCCCNC(=O)CCNC(=O)OC(C)(C)C. The fraction of sp³-hybridized carbons (Fsp3) is 0.833. The van der Waals surface area contributed by atoms with E-state index in [4.69, 9.17) is 9.47 Å². The third-order valence-corrected chi connectivity index (χ3v) is 1.87. The molecule has 2 N–H and O–H groups in total. The zero-order valence-corrected chi connectivity index (χ0v) is 11.7. The lowest BCUT2D eigenvalue weighted by atomic mass is 10.2. The van der Waals surface area contributed by atoms with E-state index >= 15 is 0 Å². The molecule has 6 nitrogen and oxygen atoms in total. The van der Waals surface area contributed by atoms with E-state index in [-0.39, 0.29) is 18.9 Å². The number of alkyl carbamates (subject to hydrolysis) is 1. The Bertz CT molecular complexity index is 261. The highest BCUT2D eigenvalue weighted by molar-refractivity contribution is 5.76. The van der Waals surface area contributed by atoms with Crippen molar-refractivity contribution in [1.82, 2.24) is 10.6 Å². The van der Waals surface area contributed by atoms with E-state index in [9.17, 15) is 9.59 Å². The van der Waals surface area contributed by atoms with E-state index in [2.05, 4.69) is 10.6 Å². The number of ether oxygens (including phenoxy) is 2. The van der Waals surface area contributed by atoms with Gasteiger partial charge in [-0.2, -0.15) is 0 Å². The first kappa shape index (κ1) is 16.7. The second-order valence-corrected chi connectivity index (χ2v) is 4.87. The van der Waals surface area contributed by atoms with Crippen LogP contribution in [0.25, 0.3) is 0 Å². The number of carbonyl (C=O) groups is 2. The van der Waals surface area contributed by atoms with Crippen LogP contribution in [0.1, 0.15) is 33.6 Å².